The van der Waals surface area contributed by atoms with Gasteiger partial charge in [-0.15, -0.1) is 0 Å². The second-order valence-electron chi connectivity index (χ2n) is 6.93. The average molecular weight is 346 g/mol. The van der Waals surface area contributed by atoms with Gasteiger partial charge in [0.2, 0.25) is 0 Å². The molecule has 0 aliphatic carbocycles. The van der Waals surface area contributed by atoms with Crippen molar-refractivity contribution in [3.05, 3.63) is 61.2 Å². The number of aromatic nitrogens is 4. The van der Waals surface area contributed by atoms with Gasteiger partial charge in [0.05, 0.1) is 48.1 Å². The molecule has 0 saturated carbocycles. The topological polar surface area (TPSA) is 42.1 Å². The van der Waals surface area contributed by atoms with E-state index < -0.39 is 0 Å². The molecule has 0 N–H and O–H groups in total. The van der Waals surface area contributed by atoms with Crippen molar-refractivity contribution in [3.63, 3.8) is 0 Å². The van der Waals surface area contributed by atoms with Crippen LogP contribution in [0.4, 0.5) is 0 Å². The highest BCUT2D eigenvalue weighted by Crippen LogP contribution is 2.15. The lowest BCUT2D eigenvalue weighted by atomic mass is 10.3. The van der Waals surface area contributed by atoms with Crippen LogP contribution in [0, 0.1) is 0 Å². The summed E-state index contributed by atoms with van der Waals surface area (Å²) in [6.07, 6.45) is 3.91. The summed E-state index contributed by atoms with van der Waals surface area (Å²) in [5, 5.41) is 0. The monoisotopic (exact) mass is 346 g/mol. The predicted molar refractivity (Wildman–Crippen MR) is 103 cm³/mol. The lowest BCUT2D eigenvalue weighted by molar-refractivity contribution is 0.0892. The van der Waals surface area contributed by atoms with Crippen LogP contribution in [0.25, 0.3) is 22.1 Å². The van der Waals surface area contributed by atoms with Crippen LogP contribution in [-0.4, -0.2) is 55.1 Å². The molecule has 3 heterocycles. The van der Waals surface area contributed by atoms with Gasteiger partial charge in [0.25, 0.3) is 0 Å². The minimum absolute atomic E-state index is 0.905. The Balaban J connectivity index is 1.22. The molecule has 1 aliphatic rings. The van der Waals surface area contributed by atoms with Gasteiger partial charge in [0.15, 0.2) is 0 Å². The molecule has 1 aliphatic heterocycles. The molecule has 0 atom stereocenters. The van der Waals surface area contributed by atoms with Crippen molar-refractivity contribution in [2.75, 3.05) is 26.2 Å². The van der Waals surface area contributed by atoms with Gasteiger partial charge in [-0.1, -0.05) is 24.3 Å². The van der Waals surface area contributed by atoms with Crippen LogP contribution in [-0.2, 0) is 13.3 Å². The van der Waals surface area contributed by atoms with Gasteiger partial charge in [-0.05, 0) is 24.3 Å². The molecule has 1 fully saturated rings. The third kappa shape index (κ3) is 2.87. The summed E-state index contributed by atoms with van der Waals surface area (Å²) in [6, 6.07) is 16.7. The van der Waals surface area contributed by atoms with Crippen molar-refractivity contribution in [1.29, 1.82) is 0 Å². The van der Waals surface area contributed by atoms with Crippen LogP contribution in [0.3, 0.4) is 0 Å². The Hall–Kier alpha value is -2.70. The molecule has 6 heteroatoms. The highest BCUT2D eigenvalue weighted by atomic mass is 15.3. The third-order valence-corrected chi connectivity index (χ3v) is 5.22. The van der Waals surface area contributed by atoms with Gasteiger partial charge in [0, 0.05) is 26.2 Å². The highest BCUT2D eigenvalue weighted by Gasteiger charge is 2.18. The van der Waals surface area contributed by atoms with Crippen LogP contribution in [0.1, 0.15) is 0 Å². The molecule has 132 valence electrons. The van der Waals surface area contributed by atoms with Crippen LogP contribution in [0.5, 0.6) is 0 Å². The molecular weight excluding hydrogens is 324 g/mol. The quantitative estimate of drug-likeness (QED) is 0.570. The number of imidazole rings is 2. The highest BCUT2D eigenvalue weighted by molar-refractivity contribution is 5.75. The first-order chi connectivity index (χ1) is 12.9. The normalized spacial score (nSPS) is 16.6. The zero-order valence-corrected chi connectivity index (χ0v) is 14.7. The lowest BCUT2D eigenvalue weighted by Crippen LogP contribution is -2.46. The molecule has 2 aromatic carbocycles. The Morgan fingerprint density at radius 1 is 0.615 bits per heavy atom. The number of benzene rings is 2. The SMILES string of the molecule is c1ccc2c(c1)ncn2CN1CCN(Cn2cnc3ccccc32)CC1. The molecule has 0 spiro atoms. The summed E-state index contributed by atoms with van der Waals surface area (Å²) >= 11 is 0. The second-order valence-corrected chi connectivity index (χ2v) is 6.93. The third-order valence-electron chi connectivity index (χ3n) is 5.22. The smallest absolute Gasteiger partial charge is 0.0969 e. The number of para-hydroxylation sites is 4. The molecular formula is C20H22N6. The molecule has 4 aromatic rings. The summed E-state index contributed by atoms with van der Waals surface area (Å²) in [6.45, 7) is 6.08. The van der Waals surface area contributed by atoms with Gasteiger partial charge in [-0.25, -0.2) is 9.97 Å². The fourth-order valence-electron chi connectivity index (χ4n) is 3.75. The van der Waals surface area contributed by atoms with E-state index >= 15 is 0 Å². The fourth-order valence-corrected chi connectivity index (χ4v) is 3.75. The summed E-state index contributed by atoms with van der Waals surface area (Å²) < 4.78 is 4.49. The molecule has 26 heavy (non-hydrogen) atoms. The maximum Gasteiger partial charge on any atom is 0.0969 e. The van der Waals surface area contributed by atoms with Gasteiger partial charge in [-0.3, -0.25) is 9.80 Å². The number of fused-ring (bicyclic) bond motifs is 2. The van der Waals surface area contributed by atoms with E-state index in [4.69, 9.17) is 0 Å². The Morgan fingerprint density at radius 3 is 1.50 bits per heavy atom. The molecule has 6 nitrogen and oxygen atoms in total. The predicted octanol–water partition coefficient (Wildman–Crippen LogP) is 2.62. The van der Waals surface area contributed by atoms with Crippen molar-refractivity contribution in [2.24, 2.45) is 0 Å². The standard InChI is InChI=1S/C20H22N6/c1-3-7-19-17(5-1)21-13-25(19)15-23-9-11-24(12-10-23)16-26-14-22-18-6-2-4-8-20(18)26/h1-8,13-14H,9-12,15-16H2. The summed E-state index contributed by atoms with van der Waals surface area (Å²) in [4.78, 5) is 14.0. The molecule has 0 radical (unpaired) electrons. The first-order valence-corrected chi connectivity index (χ1v) is 9.11. The van der Waals surface area contributed by atoms with E-state index in [1.54, 1.807) is 0 Å². The van der Waals surface area contributed by atoms with E-state index in [0.717, 1.165) is 50.5 Å². The Bertz CT molecular complexity index is 941. The van der Waals surface area contributed by atoms with Gasteiger partial charge >= 0.3 is 0 Å². The van der Waals surface area contributed by atoms with Crippen molar-refractivity contribution < 1.29 is 0 Å². The molecule has 0 unspecified atom stereocenters. The van der Waals surface area contributed by atoms with E-state index in [0.29, 0.717) is 0 Å². The van der Waals surface area contributed by atoms with E-state index in [-0.39, 0.29) is 0 Å². The largest absolute Gasteiger partial charge is 0.317 e. The zero-order chi connectivity index (χ0) is 17.3. The average Bonchev–Trinajstić information content (AvgIpc) is 3.28. The Labute approximate surface area is 152 Å². The fraction of sp³-hybridized carbons (Fsp3) is 0.300. The van der Waals surface area contributed by atoms with E-state index in [2.05, 4.69) is 65.3 Å². The van der Waals surface area contributed by atoms with Crippen molar-refractivity contribution in [3.8, 4) is 0 Å². The molecule has 1 saturated heterocycles. The van der Waals surface area contributed by atoms with Crippen LogP contribution in [0.2, 0.25) is 0 Å². The number of rotatable bonds is 4. The zero-order valence-electron chi connectivity index (χ0n) is 14.7. The molecule has 0 amide bonds. The van der Waals surface area contributed by atoms with Crippen LogP contribution in [0.15, 0.2) is 61.2 Å². The van der Waals surface area contributed by atoms with E-state index in [1.807, 2.05) is 24.8 Å². The number of piperazine rings is 1. The first-order valence-electron chi connectivity index (χ1n) is 9.11. The van der Waals surface area contributed by atoms with Crippen molar-refractivity contribution in [1.82, 2.24) is 28.9 Å². The first kappa shape index (κ1) is 15.5. The van der Waals surface area contributed by atoms with Crippen LogP contribution >= 0.6 is 0 Å². The molecule has 2 aromatic heterocycles. The van der Waals surface area contributed by atoms with E-state index in [1.165, 1.54) is 11.0 Å². The number of nitrogens with zero attached hydrogens (tertiary/aromatic N) is 6. The summed E-state index contributed by atoms with van der Waals surface area (Å²) in [5.74, 6) is 0. The lowest BCUT2D eigenvalue weighted by Gasteiger charge is -2.35. The molecule has 5 rings (SSSR count). The molecule has 0 bridgehead atoms. The van der Waals surface area contributed by atoms with Gasteiger partial charge in [-0.2, -0.15) is 0 Å². The Morgan fingerprint density at radius 2 is 1.04 bits per heavy atom. The maximum absolute atomic E-state index is 4.49. The maximum atomic E-state index is 4.49. The Kier molecular flexibility index (Phi) is 3.92. The summed E-state index contributed by atoms with van der Waals surface area (Å²) in [7, 11) is 0. The second kappa shape index (κ2) is 6.55. The minimum atomic E-state index is 0.905. The van der Waals surface area contributed by atoms with Gasteiger partial charge < -0.3 is 9.13 Å². The number of hydrogen-bond acceptors (Lipinski definition) is 4. The minimum Gasteiger partial charge on any atom is -0.317 e. The summed E-state index contributed by atoms with van der Waals surface area (Å²) in [5.41, 5.74) is 4.55. The van der Waals surface area contributed by atoms with Crippen LogP contribution < -0.4 is 0 Å². The van der Waals surface area contributed by atoms with Gasteiger partial charge in [0.1, 0.15) is 0 Å². The van der Waals surface area contributed by atoms with E-state index in [9.17, 15) is 0 Å². The van der Waals surface area contributed by atoms with Crippen molar-refractivity contribution in [2.45, 2.75) is 13.3 Å². The number of hydrogen-bond donors (Lipinski definition) is 0. The van der Waals surface area contributed by atoms with Crippen molar-refractivity contribution >= 4 is 22.1 Å².